The molecule has 1 rings (SSSR count). The van der Waals surface area contributed by atoms with Crippen molar-refractivity contribution < 1.29 is 32.3 Å². The second-order valence-electron chi connectivity index (χ2n) is 3.69. The molecule has 104 valence electrons. The van der Waals surface area contributed by atoms with E-state index in [4.69, 9.17) is 5.11 Å². The topological polar surface area (TPSA) is 66.4 Å². The summed E-state index contributed by atoms with van der Waals surface area (Å²) in [5.41, 5.74) is -0.256. The molecule has 2 N–H and O–H groups in total. The highest BCUT2D eigenvalue weighted by molar-refractivity contribution is 5.96. The lowest BCUT2D eigenvalue weighted by molar-refractivity contribution is -0.157. The van der Waals surface area contributed by atoms with Crippen molar-refractivity contribution in [2.45, 2.75) is 18.6 Å². The molecule has 4 nitrogen and oxygen atoms in total. The normalized spacial score (nSPS) is 12.8. The number of aliphatic carboxylic acids is 1. The molecule has 0 fully saturated rings. The van der Waals surface area contributed by atoms with Gasteiger partial charge in [-0.25, -0.2) is 9.18 Å². The van der Waals surface area contributed by atoms with Crippen LogP contribution < -0.4 is 5.32 Å². The van der Waals surface area contributed by atoms with E-state index in [0.717, 1.165) is 18.2 Å². The van der Waals surface area contributed by atoms with Crippen LogP contribution in [0, 0.1) is 5.82 Å². The number of carbonyl (C=O) groups excluding carboxylic acids is 1. The van der Waals surface area contributed by atoms with Gasteiger partial charge in [-0.05, 0) is 18.2 Å². The number of carboxylic acids is 1. The Kier molecular flexibility index (Phi) is 4.47. The van der Waals surface area contributed by atoms with E-state index < -0.39 is 36.3 Å². The van der Waals surface area contributed by atoms with Gasteiger partial charge in [0.15, 0.2) is 0 Å². The average molecular weight is 279 g/mol. The first-order chi connectivity index (χ1) is 8.69. The fraction of sp³-hybridized carbons (Fsp3) is 0.273. The lowest BCUT2D eigenvalue weighted by Crippen LogP contribution is -2.43. The first kappa shape index (κ1) is 14.9. The minimum atomic E-state index is -4.74. The van der Waals surface area contributed by atoms with Gasteiger partial charge in [0.25, 0.3) is 5.91 Å². The molecule has 0 radical (unpaired) electrons. The van der Waals surface area contributed by atoms with Crippen molar-refractivity contribution in [2.75, 3.05) is 0 Å². The van der Waals surface area contributed by atoms with E-state index in [1.54, 1.807) is 5.32 Å². The number of benzene rings is 1. The van der Waals surface area contributed by atoms with Gasteiger partial charge in [-0.2, -0.15) is 13.2 Å². The van der Waals surface area contributed by atoms with Crippen LogP contribution in [0.2, 0.25) is 0 Å². The number of alkyl halides is 3. The number of hydrogen-bond donors (Lipinski definition) is 2. The van der Waals surface area contributed by atoms with Crippen LogP contribution in [0.5, 0.6) is 0 Å². The minimum Gasteiger partial charge on any atom is -0.480 e. The minimum absolute atomic E-state index is 0.256. The molecule has 0 aliphatic rings. The lowest BCUT2D eigenvalue weighted by atomic mass is 10.1. The van der Waals surface area contributed by atoms with Gasteiger partial charge in [0.05, 0.1) is 6.42 Å². The zero-order chi connectivity index (χ0) is 14.6. The third-order valence-corrected chi connectivity index (χ3v) is 2.13. The van der Waals surface area contributed by atoms with Crippen LogP contribution in [0.4, 0.5) is 17.6 Å². The summed E-state index contributed by atoms with van der Waals surface area (Å²) in [6, 6.07) is 2.06. The smallest absolute Gasteiger partial charge is 0.391 e. The quantitative estimate of drug-likeness (QED) is 0.828. The molecule has 8 heteroatoms. The summed E-state index contributed by atoms with van der Waals surface area (Å²) in [7, 11) is 0. The largest absolute Gasteiger partial charge is 0.480 e. The second kappa shape index (κ2) is 5.68. The van der Waals surface area contributed by atoms with Crippen LogP contribution >= 0.6 is 0 Å². The van der Waals surface area contributed by atoms with Crippen molar-refractivity contribution in [3.05, 3.63) is 35.6 Å². The Hall–Kier alpha value is -2.12. The molecule has 1 unspecified atom stereocenters. The fourth-order valence-corrected chi connectivity index (χ4v) is 1.30. The Morgan fingerprint density at radius 1 is 1.32 bits per heavy atom. The van der Waals surface area contributed by atoms with Crippen molar-refractivity contribution in [2.24, 2.45) is 0 Å². The first-order valence-corrected chi connectivity index (χ1v) is 5.05. The standard InChI is InChI=1S/C11H9F4NO3/c12-7-3-1-2-6(4-7)9(17)16-8(10(18)19)5-11(13,14)15/h1-4,8H,5H2,(H,16,17)(H,18,19). The molecule has 0 heterocycles. The number of halogens is 4. The van der Waals surface area contributed by atoms with E-state index in [2.05, 4.69) is 0 Å². The van der Waals surface area contributed by atoms with Crippen LogP contribution in [0.25, 0.3) is 0 Å². The summed E-state index contributed by atoms with van der Waals surface area (Å²) < 4.78 is 49.1. The van der Waals surface area contributed by atoms with Gasteiger partial charge in [-0.15, -0.1) is 0 Å². The van der Waals surface area contributed by atoms with Gasteiger partial charge < -0.3 is 10.4 Å². The van der Waals surface area contributed by atoms with Crippen molar-refractivity contribution >= 4 is 11.9 Å². The number of rotatable bonds is 4. The molecule has 0 aliphatic heterocycles. The van der Waals surface area contributed by atoms with E-state index in [-0.39, 0.29) is 5.56 Å². The molecular formula is C11H9F4NO3. The van der Waals surface area contributed by atoms with Gasteiger partial charge in [0, 0.05) is 5.56 Å². The Morgan fingerprint density at radius 3 is 2.42 bits per heavy atom. The monoisotopic (exact) mass is 279 g/mol. The summed E-state index contributed by atoms with van der Waals surface area (Å²) in [4.78, 5) is 22.1. The average Bonchev–Trinajstić information content (AvgIpc) is 2.26. The van der Waals surface area contributed by atoms with Gasteiger partial charge in [0.1, 0.15) is 11.9 Å². The molecule has 0 saturated heterocycles. The highest BCUT2D eigenvalue weighted by atomic mass is 19.4. The summed E-state index contributed by atoms with van der Waals surface area (Å²) in [6.45, 7) is 0. The van der Waals surface area contributed by atoms with Crippen LogP contribution in [0.15, 0.2) is 24.3 Å². The summed E-state index contributed by atoms with van der Waals surface area (Å²) in [6.07, 6.45) is -6.44. The third kappa shape index (κ3) is 4.94. The van der Waals surface area contributed by atoms with E-state index in [9.17, 15) is 27.2 Å². The van der Waals surface area contributed by atoms with Crippen molar-refractivity contribution in [3.8, 4) is 0 Å². The predicted molar refractivity (Wildman–Crippen MR) is 56.0 cm³/mol. The highest BCUT2D eigenvalue weighted by Gasteiger charge is 2.36. The highest BCUT2D eigenvalue weighted by Crippen LogP contribution is 2.21. The molecule has 1 amide bonds. The molecule has 0 spiro atoms. The number of carbonyl (C=O) groups is 2. The molecule has 19 heavy (non-hydrogen) atoms. The lowest BCUT2D eigenvalue weighted by Gasteiger charge is -2.16. The number of amides is 1. The van der Waals surface area contributed by atoms with E-state index in [1.165, 1.54) is 6.07 Å². The summed E-state index contributed by atoms with van der Waals surface area (Å²) in [5.74, 6) is -3.66. The Morgan fingerprint density at radius 2 is 1.95 bits per heavy atom. The van der Waals surface area contributed by atoms with E-state index in [0.29, 0.717) is 0 Å². The van der Waals surface area contributed by atoms with Crippen molar-refractivity contribution in [1.29, 1.82) is 0 Å². The third-order valence-electron chi connectivity index (χ3n) is 2.13. The van der Waals surface area contributed by atoms with Gasteiger partial charge in [0.2, 0.25) is 0 Å². The SMILES string of the molecule is O=C(NC(CC(F)(F)F)C(=O)O)c1cccc(F)c1. The van der Waals surface area contributed by atoms with Crippen LogP contribution in [0.3, 0.4) is 0 Å². The molecule has 0 bridgehead atoms. The molecule has 1 aromatic rings. The summed E-state index contributed by atoms with van der Waals surface area (Å²) in [5, 5.41) is 10.3. The zero-order valence-electron chi connectivity index (χ0n) is 9.37. The summed E-state index contributed by atoms with van der Waals surface area (Å²) >= 11 is 0. The first-order valence-electron chi connectivity index (χ1n) is 5.05. The van der Waals surface area contributed by atoms with Gasteiger partial charge in [-0.1, -0.05) is 6.07 Å². The van der Waals surface area contributed by atoms with Crippen molar-refractivity contribution in [1.82, 2.24) is 5.32 Å². The van der Waals surface area contributed by atoms with Crippen LogP contribution in [-0.4, -0.2) is 29.2 Å². The van der Waals surface area contributed by atoms with Crippen LogP contribution in [-0.2, 0) is 4.79 Å². The fourth-order valence-electron chi connectivity index (χ4n) is 1.30. The molecule has 1 atom stereocenters. The number of hydrogen-bond acceptors (Lipinski definition) is 2. The maximum Gasteiger partial charge on any atom is 0.391 e. The maximum atomic E-state index is 12.8. The molecular weight excluding hydrogens is 270 g/mol. The van der Waals surface area contributed by atoms with E-state index in [1.807, 2.05) is 0 Å². The molecule has 1 aromatic carbocycles. The van der Waals surface area contributed by atoms with Crippen molar-refractivity contribution in [3.63, 3.8) is 0 Å². The Balaban J connectivity index is 2.80. The predicted octanol–water partition coefficient (Wildman–Crippen LogP) is 1.96. The van der Waals surface area contributed by atoms with Gasteiger partial charge >= 0.3 is 12.1 Å². The maximum absolute atomic E-state index is 12.8. The molecule has 0 saturated carbocycles. The number of carboxylic acid groups (broad SMARTS) is 1. The Labute approximate surface area is 105 Å². The second-order valence-corrected chi connectivity index (χ2v) is 3.69. The van der Waals surface area contributed by atoms with Crippen LogP contribution in [0.1, 0.15) is 16.8 Å². The Bertz CT molecular complexity index is 487. The number of nitrogens with one attached hydrogen (secondary N) is 1. The zero-order valence-corrected chi connectivity index (χ0v) is 9.37. The molecule has 0 aromatic heterocycles. The van der Waals surface area contributed by atoms with E-state index >= 15 is 0 Å². The molecule has 0 aliphatic carbocycles. The van der Waals surface area contributed by atoms with Gasteiger partial charge in [-0.3, -0.25) is 4.79 Å².